The van der Waals surface area contributed by atoms with Gasteiger partial charge in [0.1, 0.15) is 12.2 Å². The molecule has 1 saturated heterocycles. The molecule has 12 heavy (non-hydrogen) atoms. The Morgan fingerprint density at radius 3 is 2.50 bits per heavy atom. The van der Waals surface area contributed by atoms with Crippen LogP contribution in [0.15, 0.2) is 42.5 Å². The zero-order chi connectivity index (χ0) is 8.55. The monoisotopic (exact) mass is 160 g/mol. The van der Waals surface area contributed by atoms with E-state index < -0.39 is 0 Å². The highest BCUT2D eigenvalue weighted by molar-refractivity contribution is 5.26. The van der Waals surface area contributed by atoms with Crippen LogP contribution in [-0.4, -0.2) is 6.10 Å². The van der Waals surface area contributed by atoms with Crippen LogP contribution in [0.4, 0.5) is 0 Å². The lowest BCUT2D eigenvalue weighted by Crippen LogP contribution is -1.88. The minimum atomic E-state index is 0.257. The van der Waals surface area contributed by atoms with Crippen molar-refractivity contribution in [2.45, 2.75) is 19.1 Å². The molecule has 62 valence electrons. The van der Waals surface area contributed by atoms with Crippen molar-refractivity contribution in [3.8, 4) is 0 Å². The average molecular weight is 160 g/mol. The Morgan fingerprint density at radius 1 is 1.33 bits per heavy atom. The van der Waals surface area contributed by atoms with Crippen LogP contribution in [0.1, 0.15) is 18.6 Å². The molecule has 1 aliphatic heterocycles. The molecule has 0 saturated carbocycles. The van der Waals surface area contributed by atoms with Gasteiger partial charge in [-0.15, -0.1) is 0 Å². The highest BCUT2D eigenvalue weighted by Crippen LogP contribution is 2.41. The maximum Gasteiger partial charge on any atom is 0.113 e. The van der Waals surface area contributed by atoms with Crippen molar-refractivity contribution in [2.75, 3.05) is 0 Å². The first-order valence-corrected chi connectivity index (χ1v) is 4.15. The fraction of sp³-hybridized carbons (Fsp3) is 0.273. The summed E-state index contributed by atoms with van der Waals surface area (Å²) in [5, 5.41) is 0. The molecule has 2 atom stereocenters. The van der Waals surface area contributed by atoms with E-state index in [2.05, 4.69) is 18.7 Å². The van der Waals surface area contributed by atoms with Gasteiger partial charge < -0.3 is 4.74 Å². The van der Waals surface area contributed by atoms with Crippen molar-refractivity contribution in [3.63, 3.8) is 0 Å². The number of hydrogen-bond donors (Lipinski definition) is 0. The van der Waals surface area contributed by atoms with E-state index in [1.807, 2.05) is 25.1 Å². The molecule has 1 aromatic rings. The summed E-state index contributed by atoms with van der Waals surface area (Å²) in [6.07, 6.45) is 0.524. The minimum absolute atomic E-state index is 0.257. The molecule has 2 unspecified atom stereocenters. The molecule has 1 heterocycles. The third-order valence-corrected chi connectivity index (χ3v) is 2.11. The van der Waals surface area contributed by atoms with Crippen molar-refractivity contribution in [1.29, 1.82) is 0 Å². The molecule has 1 aliphatic rings. The maximum atomic E-state index is 5.46. The van der Waals surface area contributed by atoms with Gasteiger partial charge in [0.05, 0.1) is 0 Å². The van der Waals surface area contributed by atoms with E-state index >= 15 is 0 Å². The van der Waals surface area contributed by atoms with Crippen molar-refractivity contribution in [3.05, 3.63) is 48.0 Å². The van der Waals surface area contributed by atoms with Crippen molar-refractivity contribution < 1.29 is 4.74 Å². The zero-order valence-electron chi connectivity index (χ0n) is 7.16. The molecule has 0 amide bonds. The molecular weight excluding hydrogens is 148 g/mol. The number of benzene rings is 1. The molecule has 1 fully saturated rings. The van der Waals surface area contributed by atoms with Gasteiger partial charge in [0.15, 0.2) is 0 Å². The fourth-order valence-corrected chi connectivity index (χ4v) is 1.38. The molecule has 0 radical (unpaired) electrons. The van der Waals surface area contributed by atoms with Crippen LogP contribution in [0.2, 0.25) is 0 Å². The Hall–Kier alpha value is -1.08. The van der Waals surface area contributed by atoms with Gasteiger partial charge in [-0.2, -0.15) is 0 Å². The second kappa shape index (κ2) is 2.76. The smallest absolute Gasteiger partial charge is 0.113 e. The number of epoxide rings is 1. The first kappa shape index (κ1) is 7.56. The van der Waals surface area contributed by atoms with Crippen molar-refractivity contribution in [2.24, 2.45) is 0 Å². The summed E-state index contributed by atoms with van der Waals surface area (Å²) in [5.41, 5.74) is 2.37. The van der Waals surface area contributed by atoms with Gasteiger partial charge in [0, 0.05) is 0 Å². The van der Waals surface area contributed by atoms with E-state index in [4.69, 9.17) is 4.74 Å². The third-order valence-electron chi connectivity index (χ3n) is 2.11. The maximum absolute atomic E-state index is 5.46. The second-order valence-corrected chi connectivity index (χ2v) is 3.23. The summed E-state index contributed by atoms with van der Waals surface area (Å²) in [7, 11) is 0. The van der Waals surface area contributed by atoms with Crippen LogP contribution in [0.25, 0.3) is 0 Å². The number of hydrogen-bond acceptors (Lipinski definition) is 1. The van der Waals surface area contributed by atoms with Gasteiger partial charge in [0.25, 0.3) is 0 Å². The van der Waals surface area contributed by atoms with Crippen LogP contribution in [0, 0.1) is 0 Å². The normalized spacial score (nSPS) is 26.8. The molecule has 2 rings (SSSR count). The molecule has 1 heteroatoms. The van der Waals surface area contributed by atoms with Gasteiger partial charge in [0.2, 0.25) is 0 Å². The Labute approximate surface area is 72.7 Å². The number of rotatable bonds is 2. The molecule has 0 aliphatic carbocycles. The summed E-state index contributed by atoms with van der Waals surface area (Å²) in [4.78, 5) is 0. The van der Waals surface area contributed by atoms with Gasteiger partial charge in [-0.05, 0) is 18.1 Å². The Kier molecular flexibility index (Phi) is 1.74. The van der Waals surface area contributed by atoms with E-state index in [1.165, 1.54) is 5.56 Å². The Morgan fingerprint density at radius 2 is 2.00 bits per heavy atom. The molecular formula is C11H12O. The predicted molar refractivity (Wildman–Crippen MR) is 48.9 cm³/mol. The van der Waals surface area contributed by atoms with E-state index in [1.54, 1.807) is 0 Å². The first-order chi connectivity index (χ1) is 5.79. The van der Waals surface area contributed by atoms with Crippen molar-refractivity contribution >= 4 is 0 Å². The standard InChI is InChI=1S/C11H12O/c1-8(2)10-11(12-10)9-6-4-3-5-7-9/h3-7,10-11H,1H2,2H3. The average Bonchev–Trinajstić information content (AvgIpc) is 2.84. The lowest BCUT2D eigenvalue weighted by atomic mass is 10.1. The summed E-state index contributed by atoms with van der Waals surface area (Å²) in [6.45, 7) is 5.88. The van der Waals surface area contributed by atoms with Gasteiger partial charge in [-0.25, -0.2) is 0 Å². The summed E-state index contributed by atoms with van der Waals surface area (Å²) in [6, 6.07) is 10.3. The third kappa shape index (κ3) is 1.28. The molecule has 0 spiro atoms. The molecule has 0 N–H and O–H groups in total. The minimum Gasteiger partial charge on any atom is -0.360 e. The highest BCUT2D eigenvalue weighted by atomic mass is 16.6. The molecule has 0 bridgehead atoms. The first-order valence-electron chi connectivity index (χ1n) is 4.15. The number of ether oxygens (including phenoxy) is 1. The largest absolute Gasteiger partial charge is 0.360 e. The Bertz CT molecular complexity index is 289. The van der Waals surface area contributed by atoms with Crippen LogP contribution in [-0.2, 0) is 4.74 Å². The lowest BCUT2D eigenvalue weighted by molar-refractivity contribution is 0.389. The van der Waals surface area contributed by atoms with Gasteiger partial charge in [-0.1, -0.05) is 36.9 Å². The van der Waals surface area contributed by atoms with Crippen molar-refractivity contribution in [1.82, 2.24) is 0 Å². The summed E-state index contributed by atoms with van der Waals surface area (Å²) < 4.78 is 5.46. The van der Waals surface area contributed by atoms with Crippen LogP contribution in [0.3, 0.4) is 0 Å². The van der Waals surface area contributed by atoms with Gasteiger partial charge >= 0.3 is 0 Å². The highest BCUT2D eigenvalue weighted by Gasteiger charge is 2.40. The quantitative estimate of drug-likeness (QED) is 0.478. The topological polar surface area (TPSA) is 12.5 Å². The molecule has 1 aromatic carbocycles. The zero-order valence-corrected chi connectivity index (χ0v) is 7.16. The molecule has 0 aromatic heterocycles. The van der Waals surface area contributed by atoms with E-state index in [9.17, 15) is 0 Å². The van der Waals surface area contributed by atoms with Crippen LogP contribution >= 0.6 is 0 Å². The molecule has 1 nitrogen and oxygen atoms in total. The second-order valence-electron chi connectivity index (χ2n) is 3.23. The Balaban J connectivity index is 2.11. The lowest BCUT2D eigenvalue weighted by Gasteiger charge is -1.93. The SMILES string of the molecule is C=C(C)C1OC1c1ccccc1. The summed E-state index contributed by atoms with van der Waals surface area (Å²) >= 11 is 0. The fourth-order valence-electron chi connectivity index (χ4n) is 1.38. The summed E-state index contributed by atoms with van der Waals surface area (Å²) in [5.74, 6) is 0. The van der Waals surface area contributed by atoms with E-state index in [0.29, 0.717) is 0 Å². The van der Waals surface area contributed by atoms with Crippen LogP contribution in [0.5, 0.6) is 0 Å². The van der Waals surface area contributed by atoms with Gasteiger partial charge in [-0.3, -0.25) is 0 Å². The van der Waals surface area contributed by atoms with E-state index in [-0.39, 0.29) is 12.2 Å². The predicted octanol–water partition coefficient (Wildman–Crippen LogP) is 2.70. The van der Waals surface area contributed by atoms with E-state index in [0.717, 1.165) is 5.57 Å². The van der Waals surface area contributed by atoms with Crippen LogP contribution < -0.4 is 0 Å².